The molecule has 0 bridgehead atoms. The summed E-state index contributed by atoms with van der Waals surface area (Å²) >= 11 is 0. The Morgan fingerprint density at radius 3 is 2.78 bits per heavy atom. The van der Waals surface area contributed by atoms with Crippen LogP contribution in [-0.2, 0) is 11.8 Å². The van der Waals surface area contributed by atoms with Crippen molar-refractivity contribution in [3.63, 3.8) is 0 Å². The zero-order valence-corrected chi connectivity index (χ0v) is 12.7. The van der Waals surface area contributed by atoms with Crippen molar-refractivity contribution >= 4 is 11.9 Å². The second-order valence-electron chi connectivity index (χ2n) is 5.67. The molecule has 2 heterocycles. The lowest BCUT2D eigenvalue weighted by atomic mass is 10.1. The van der Waals surface area contributed by atoms with Crippen LogP contribution in [0.15, 0.2) is 18.3 Å². The van der Waals surface area contributed by atoms with Gasteiger partial charge >= 0.3 is 12.2 Å². The fraction of sp³-hybridized carbons (Fsp3) is 0.571. The fourth-order valence-electron chi connectivity index (χ4n) is 2.92. The summed E-state index contributed by atoms with van der Waals surface area (Å²) in [6.45, 7) is -0.628. The maximum Gasteiger partial charge on any atom is 0.405 e. The Balaban J connectivity index is 1.85. The van der Waals surface area contributed by atoms with Crippen LogP contribution in [0.5, 0.6) is 0 Å². The van der Waals surface area contributed by atoms with Crippen molar-refractivity contribution in [2.45, 2.75) is 25.1 Å². The third kappa shape index (κ3) is 4.98. The Hall–Kier alpha value is -2.03. The number of carbonyl (C=O) groups is 2. The number of hydrogen-bond acceptors (Lipinski definition) is 2. The first-order chi connectivity index (χ1) is 10.8. The summed E-state index contributed by atoms with van der Waals surface area (Å²) in [4.78, 5) is 24.1. The average molecular weight is 333 g/mol. The van der Waals surface area contributed by atoms with Crippen LogP contribution in [0, 0.1) is 0 Å². The number of alkyl halides is 3. The topological polar surface area (TPSA) is 67.6 Å². The van der Waals surface area contributed by atoms with Crippen LogP contribution >= 0.6 is 0 Å². The number of aromatic nitrogens is 1. The number of carbonyl (C=O) groups excluding carboxylic acids is 2. The number of halogens is 3. The zero-order valence-electron chi connectivity index (χ0n) is 12.7. The lowest BCUT2D eigenvalue weighted by Crippen LogP contribution is -3.11. The minimum atomic E-state index is -4.50. The predicted octanol–water partition coefficient (Wildman–Crippen LogP) is 0.133. The van der Waals surface area contributed by atoms with Gasteiger partial charge in [-0.1, -0.05) is 0 Å². The highest BCUT2D eigenvalue weighted by Crippen LogP contribution is 2.18. The Bertz CT molecular complexity index is 571. The van der Waals surface area contributed by atoms with E-state index in [0.29, 0.717) is 0 Å². The number of rotatable bonds is 4. The van der Waals surface area contributed by atoms with E-state index in [9.17, 15) is 22.8 Å². The first-order valence-electron chi connectivity index (χ1n) is 7.36. The van der Waals surface area contributed by atoms with Crippen molar-refractivity contribution in [3.8, 4) is 0 Å². The molecular weight excluding hydrogens is 313 g/mol. The number of likely N-dealkylation sites (tertiary alicyclic amines) is 1. The summed E-state index contributed by atoms with van der Waals surface area (Å²) in [7, 11) is 1.93. The molecule has 2 atom stereocenters. The van der Waals surface area contributed by atoms with E-state index in [1.807, 2.05) is 35.3 Å². The smallest absolute Gasteiger partial charge is 0.350 e. The largest absolute Gasteiger partial charge is 0.405 e. The third-order valence-corrected chi connectivity index (χ3v) is 3.91. The van der Waals surface area contributed by atoms with E-state index in [0.717, 1.165) is 30.0 Å². The third-order valence-electron chi connectivity index (χ3n) is 3.91. The van der Waals surface area contributed by atoms with Gasteiger partial charge in [0.05, 0.1) is 12.2 Å². The maximum absolute atomic E-state index is 12.0. The summed E-state index contributed by atoms with van der Waals surface area (Å²) in [5, 5.41) is 3.56. The molecule has 3 amide bonds. The van der Waals surface area contributed by atoms with E-state index in [4.69, 9.17) is 0 Å². The van der Waals surface area contributed by atoms with Gasteiger partial charge in [0.25, 0.3) is 5.91 Å². The number of amides is 3. The number of quaternary nitrogens is 1. The highest BCUT2D eigenvalue weighted by molar-refractivity contribution is 5.94. The second-order valence-corrected chi connectivity index (χ2v) is 5.67. The van der Waals surface area contributed by atoms with Gasteiger partial charge in [-0.05, 0) is 12.1 Å². The van der Waals surface area contributed by atoms with E-state index in [1.165, 1.54) is 0 Å². The van der Waals surface area contributed by atoms with Gasteiger partial charge in [0.15, 0.2) is 6.54 Å². The quantitative estimate of drug-likeness (QED) is 0.733. The SMILES string of the molecule is Cn1cccc1[C@@H]1CCC[NH+]1CC(=O)NC(=O)NCC(F)(F)F. The molecule has 1 fully saturated rings. The highest BCUT2D eigenvalue weighted by atomic mass is 19.4. The first kappa shape index (κ1) is 17.3. The number of urea groups is 1. The Morgan fingerprint density at radius 1 is 1.43 bits per heavy atom. The number of nitrogens with zero attached hydrogens (tertiary/aromatic N) is 1. The molecule has 1 saturated heterocycles. The summed E-state index contributed by atoms with van der Waals surface area (Å²) < 4.78 is 38.0. The van der Waals surface area contributed by atoms with Gasteiger partial charge in [-0.25, -0.2) is 4.79 Å². The van der Waals surface area contributed by atoms with E-state index < -0.39 is 24.7 Å². The molecule has 0 aliphatic carbocycles. The molecule has 0 saturated carbocycles. The van der Waals surface area contributed by atoms with Crippen LogP contribution in [-0.4, -0.2) is 42.3 Å². The summed E-state index contributed by atoms with van der Waals surface area (Å²) in [5.41, 5.74) is 1.10. The lowest BCUT2D eigenvalue weighted by Gasteiger charge is -2.21. The molecule has 0 spiro atoms. The van der Waals surface area contributed by atoms with Crippen LogP contribution in [0.25, 0.3) is 0 Å². The van der Waals surface area contributed by atoms with Gasteiger partial charge in [0, 0.05) is 26.1 Å². The summed E-state index contributed by atoms with van der Waals surface area (Å²) in [5.74, 6) is -0.583. The van der Waals surface area contributed by atoms with Gasteiger partial charge < -0.3 is 14.8 Å². The highest BCUT2D eigenvalue weighted by Gasteiger charge is 2.33. The van der Waals surface area contributed by atoms with E-state index in [-0.39, 0.29) is 12.6 Å². The molecule has 1 aliphatic rings. The minimum absolute atomic E-state index is 0.0509. The number of aryl methyl sites for hydroxylation is 1. The Morgan fingerprint density at radius 2 is 2.17 bits per heavy atom. The fourth-order valence-corrected chi connectivity index (χ4v) is 2.92. The molecular formula is C14H20F3N4O2+. The zero-order chi connectivity index (χ0) is 17.0. The Labute approximate surface area is 131 Å². The van der Waals surface area contributed by atoms with Gasteiger partial charge in [0.2, 0.25) is 0 Å². The molecule has 2 rings (SSSR count). The van der Waals surface area contributed by atoms with Crippen molar-refractivity contribution in [2.24, 2.45) is 7.05 Å². The molecule has 1 aromatic heterocycles. The normalized spacial score (nSPS) is 21.2. The van der Waals surface area contributed by atoms with E-state index in [2.05, 4.69) is 0 Å². The summed E-state index contributed by atoms with van der Waals surface area (Å²) in [6.07, 6.45) is -0.687. The molecule has 0 aromatic carbocycles. The van der Waals surface area contributed by atoms with Crippen molar-refractivity contribution in [3.05, 3.63) is 24.0 Å². The molecule has 1 aromatic rings. The summed E-state index contributed by atoms with van der Waals surface area (Å²) in [6, 6.07) is 2.94. The van der Waals surface area contributed by atoms with Crippen LogP contribution in [0.4, 0.5) is 18.0 Å². The molecule has 6 nitrogen and oxygen atoms in total. The molecule has 3 N–H and O–H groups in total. The van der Waals surface area contributed by atoms with Crippen LogP contribution in [0.2, 0.25) is 0 Å². The first-order valence-corrected chi connectivity index (χ1v) is 7.36. The van der Waals surface area contributed by atoms with Crippen molar-refractivity contribution in [2.75, 3.05) is 19.6 Å². The van der Waals surface area contributed by atoms with Crippen LogP contribution in [0.1, 0.15) is 24.6 Å². The number of nitrogens with one attached hydrogen (secondary N) is 3. The van der Waals surface area contributed by atoms with Crippen LogP contribution in [0.3, 0.4) is 0 Å². The van der Waals surface area contributed by atoms with Gasteiger partial charge in [-0.2, -0.15) is 13.2 Å². The molecule has 9 heteroatoms. The molecule has 128 valence electrons. The van der Waals surface area contributed by atoms with Gasteiger partial charge in [-0.15, -0.1) is 0 Å². The van der Waals surface area contributed by atoms with Gasteiger partial charge in [0.1, 0.15) is 12.6 Å². The standard InChI is InChI=1S/C14H19F3N4O2/c1-20-6-2-4-10(20)11-5-3-7-21(11)8-12(22)19-13(23)18-9-14(15,16)17/h2,4,6,11H,3,5,7-9H2,1H3,(H2,18,19,22,23)/p+1/t11-/m0/s1. The lowest BCUT2D eigenvalue weighted by molar-refractivity contribution is -0.911. The second kappa shape index (κ2) is 7.03. The molecule has 1 aliphatic heterocycles. The number of imide groups is 1. The monoisotopic (exact) mass is 333 g/mol. The molecule has 0 radical (unpaired) electrons. The minimum Gasteiger partial charge on any atom is -0.350 e. The van der Waals surface area contributed by atoms with Gasteiger partial charge in [-0.3, -0.25) is 10.1 Å². The van der Waals surface area contributed by atoms with Crippen molar-refractivity contribution < 1.29 is 27.7 Å². The Kier molecular flexibility index (Phi) is 5.30. The average Bonchev–Trinajstić information content (AvgIpc) is 3.04. The predicted molar refractivity (Wildman–Crippen MR) is 75.7 cm³/mol. The van der Waals surface area contributed by atoms with E-state index >= 15 is 0 Å². The maximum atomic E-state index is 12.0. The van der Waals surface area contributed by atoms with Crippen LogP contribution < -0.4 is 15.5 Å². The molecule has 23 heavy (non-hydrogen) atoms. The van der Waals surface area contributed by atoms with Crippen molar-refractivity contribution in [1.82, 2.24) is 15.2 Å². The number of hydrogen-bond donors (Lipinski definition) is 3. The molecule has 1 unspecified atom stereocenters. The van der Waals surface area contributed by atoms with E-state index in [1.54, 1.807) is 5.32 Å². The van der Waals surface area contributed by atoms with Crippen molar-refractivity contribution in [1.29, 1.82) is 0 Å².